The highest BCUT2D eigenvalue weighted by atomic mass is 15.2. The molecule has 4 N–H and O–H groups in total. The molecule has 0 saturated heterocycles. The van der Waals surface area contributed by atoms with Crippen molar-refractivity contribution in [3.8, 4) is 6.07 Å². The van der Waals surface area contributed by atoms with Gasteiger partial charge in [0.25, 0.3) is 0 Å². The zero-order chi connectivity index (χ0) is 13.1. The molecule has 18 heavy (non-hydrogen) atoms. The number of hydrogen-bond acceptors (Lipinski definition) is 6. The molecule has 0 aliphatic carbocycles. The number of aromatic nitrogens is 2. The van der Waals surface area contributed by atoms with Gasteiger partial charge in [-0.2, -0.15) is 15.2 Å². The molecule has 1 aromatic heterocycles. The second-order valence-electron chi connectivity index (χ2n) is 3.73. The molecule has 0 unspecified atom stereocenters. The maximum absolute atomic E-state index is 8.87. The number of nitriles is 1. The summed E-state index contributed by atoms with van der Waals surface area (Å²) in [6.45, 7) is 0. The van der Waals surface area contributed by atoms with E-state index < -0.39 is 0 Å². The molecule has 0 aliphatic rings. The van der Waals surface area contributed by atoms with E-state index in [0.29, 0.717) is 17.2 Å². The molecule has 90 valence electrons. The van der Waals surface area contributed by atoms with Crippen LogP contribution in [0.1, 0.15) is 5.56 Å². The van der Waals surface area contributed by atoms with Crippen molar-refractivity contribution in [3.05, 3.63) is 35.9 Å². The first-order chi connectivity index (χ1) is 8.60. The molecular weight excluding hydrogens is 228 g/mol. The van der Waals surface area contributed by atoms with Crippen molar-refractivity contribution in [1.29, 1.82) is 5.26 Å². The van der Waals surface area contributed by atoms with E-state index in [1.165, 1.54) is 0 Å². The van der Waals surface area contributed by atoms with Gasteiger partial charge >= 0.3 is 0 Å². The monoisotopic (exact) mass is 240 g/mol. The van der Waals surface area contributed by atoms with Gasteiger partial charge in [0.1, 0.15) is 11.6 Å². The van der Waals surface area contributed by atoms with Crippen molar-refractivity contribution in [2.24, 2.45) is 0 Å². The second-order valence-corrected chi connectivity index (χ2v) is 3.73. The van der Waals surface area contributed by atoms with Crippen molar-refractivity contribution in [3.63, 3.8) is 0 Å². The average molecular weight is 240 g/mol. The Morgan fingerprint density at radius 2 is 2.00 bits per heavy atom. The van der Waals surface area contributed by atoms with Crippen LogP contribution in [0.25, 0.3) is 0 Å². The first kappa shape index (κ1) is 11.7. The van der Waals surface area contributed by atoms with Gasteiger partial charge in [-0.25, -0.2) is 0 Å². The predicted molar refractivity (Wildman–Crippen MR) is 70.1 cm³/mol. The van der Waals surface area contributed by atoms with Gasteiger partial charge in [0, 0.05) is 18.8 Å². The molecule has 0 bridgehead atoms. The summed E-state index contributed by atoms with van der Waals surface area (Å²) in [6.07, 6.45) is 0. The van der Waals surface area contributed by atoms with E-state index in [4.69, 9.17) is 16.7 Å². The van der Waals surface area contributed by atoms with Crippen LogP contribution in [0.15, 0.2) is 30.3 Å². The zero-order valence-corrected chi connectivity index (χ0v) is 9.83. The van der Waals surface area contributed by atoms with E-state index in [0.717, 1.165) is 5.69 Å². The minimum atomic E-state index is 0.119. The minimum absolute atomic E-state index is 0.119. The SMILES string of the molecule is CN(c1cccc(C#N)c1)c1cc(N)nc(N)n1. The van der Waals surface area contributed by atoms with Gasteiger partial charge in [-0.1, -0.05) is 6.07 Å². The molecule has 0 fully saturated rings. The van der Waals surface area contributed by atoms with Crippen LogP contribution in [0, 0.1) is 11.3 Å². The van der Waals surface area contributed by atoms with E-state index >= 15 is 0 Å². The van der Waals surface area contributed by atoms with Gasteiger partial charge in [0.15, 0.2) is 0 Å². The van der Waals surface area contributed by atoms with Crippen LogP contribution in [0.2, 0.25) is 0 Å². The molecule has 6 heteroatoms. The molecule has 0 saturated carbocycles. The second kappa shape index (κ2) is 4.59. The molecule has 6 nitrogen and oxygen atoms in total. The van der Waals surface area contributed by atoms with Crippen molar-refractivity contribution in [2.45, 2.75) is 0 Å². The number of benzene rings is 1. The highest BCUT2D eigenvalue weighted by Crippen LogP contribution is 2.23. The summed E-state index contributed by atoms with van der Waals surface area (Å²) in [7, 11) is 1.82. The molecule has 2 rings (SSSR count). The lowest BCUT2D eigenvalue weighted by Crippen LogP contribution is -2.13. The van der Waals surface area contributed by atoms with E-state index in [1.807, 2.05) is 13.1 Å². The van der Waals surface area contributed by atoms with Crippen molar-refractivity contribution in [1.82, 2.24) is 9.97 Å². The molecular formula is C12H12N6. The summed E-state index contributed by atoms with van der Waals surface area (Å²) >= 11 is 0. The Labute approximate surface area is 104 Å². The molecule has 0 spiro atoms. The molecule has 0 aliphatic heterocycles. The van der Waals surface area contributed by atoms with Gasteiger partial charge in [0.2, 0.25) is 5.95 Å². The summed E-state index contributed by atoms with van der Waals surface area (Å²) in [5, 5.41) is 8.87. The van der Waals surface area contributed by atoms with Crippen LogP contribution >= 0.6 is 0 Å². The largest absolute Gasteiger partial charge is 0.383 e. The van der Waals surface area contributed by atoms with Crippen LogP contribution in [0.3, 0.4) is 0 Å². The molecule has 2 aromatic rings. The van der Waals surface area contributed by atoms with Gasteiger partial charge in [-0.3, -0.25) is 0 Å². The third kappa shape index (κ3) is 2.30. The lowest BCUT2D eigenvalue weighted by Gasteiger charge is -2.18. The molecule has 0 atom stereocenters. The zero-order valence-electron chi connectivity index (χ0n) is 9.83. The summed E-state index contributed by atoms with van der Waals surface area (Å²) in [6, 6.07) is 10.9. The van der Waals surface area contributed by atoms with Crippen LogP contribution < -0.4 is 16.4 Å². The van der Waals surface area contributed by atoms with Crippen LogP contribution in [0.5, 0.6) is 0 Å². The Hall–Kier alpha value is -2.81. The van der Waals surface area contributed by atoms with Gasteiger partial charge in [0.05, 0.1) is 11.6 Å². The Morgan fingerprint density at radius 1 is 1.22 bits per heavy atom. The van der Waals surface area contributed by atoms with E-state index in [2.05, 4.69) is 16.0 Å². The minimum Gasteiger partial charge on any atom is -0.383 e. The summed E-state index contributed by atoms with van der Waals surface area (Å²) in [5.41, 5.74) is 12.6. The number of nitrogens with two attached hydrogens (primary N) is 2. The number of nitrogen functional groups attached to an aromatic ring is 2. The summed E-state index contributed by atoms with van der Waals surface area (Å²) < 4.78 is 0. The Morgan fingerprint density at radius 3 is 2.67 bits per heavy atom. The highest BCUT2D eigenvalue weighted by Gasteiger charge is 2.08. The fraction of sp³-hybridized carbons (Fsp3) is 0.0833. The van der Waals surface area contributed by atoms with Crippen LogP contribution in [-0.4, -0.2) is 17.0 Å². The number of hydrogen-bond donors (Lipinski definition) is 2. The number of rotatable bonds is 2. The Kier molecular flexibility index (Phi) is 2.98. The Bertz CT molecular complexity index is 596. The van der Waals surface area contributed by atoms with Gasteiger partial charge in [-0.15, -0.1) is 0 Å². The van der Waals surface area contributed by atoms with Crippen molar-refractivity contribution in [2.75, 3.05) is 23.4 Å². The lowest BCUT2D eigenvalue weighted by molar-refractivity contribution is 1.09. The fourth-order valence-corrected chi connectivity index (χ4v) is 1.56. The first-order valence-electron chi connectivity index (χ1n) is 5.24. The molecule has 0 amide bonds. The molecule has 0 radical (unpaired) electrons. The summed E-state index contributed by atoms with van der Waals surface area (Å²) in [4.78, 5) is 9.69. The van der Waals surface area contributed by atoms with E-state index in [1.54, 1.807) is 29.2 Å². The van der Waals surface area contributed by atoms with Gasteiger partial charge < -0.3 is 16.4 Å². The van der Waals surface area contributed by atoms with Crippen molar-refractivity contribution < 1.29 is 0 Å². The maximum Gasteiger partial charge on any atom is 0.223 e. The smallest absolute Gasteiger partial charge is 0.223 e. The molecule has 1 aromatic carbocycles. The average Bonchev–Trinajstić information content (AvgIpc) is 2.37. The third-order valence-electron chi connectivity index (χ3n) is 2.46. The fourth-order valence-electron chi connectivity index (χ4n) is 1.56. The highest BCUT2D eigenvalue weighted by molar-refractivity contribution is 5.63. The quantitative estimate of drug-likeness (QED) is 0.819. The Balaban J connectivity index is 2.41. The number of nitrogens with zero attached hydrogens (tertiary/aromatic N) is 4. The predicted octanol–water partition coefficient (Wildman–Crippen LogP) is 1.28. The lowest BCUT2D eigenvalue weighted by atomic mass is 10.2. The number of anilines is 4. The van der Waals surface area contributed by atoms with E-state index in [9.17, 15) is 0 Å². The maximum atomic E-state index is 8.87. The first-order valence-corrected chi connectivity index (χ1v) is 5.24. The van der Waals surface area contributed by atoms with E-state index in [-0.39, 0.29) is 5.95 Å². The van der Waals surface area contributed by atoms with Gasteiger partial charge in [-0.05, 0) is 18.2 Å². The third-order valence-corrected chi connectivity index (χ3v) is 2.46. The van der Waals surface area contributed by atoms with Crippen LogP contribution in [0.4, 0.5) is 23.3 Å². The topological polar surface area (TPSA) is 105 Å². The normalized spacial score (nSPS) is 9.78. The van der Waals surface area contributed by atoms with Crippen LogP contribution in [-0.2, 0) is 0 Å². The standard InChI is InChI=1S/C12H12N6/c1-18(9-4-2-3-8(5-9)7-13)11-6-10(14)16-12(15)17-11/h2-6H,1H3,(H4,14,15,16,17). The molecule has 1 heterocycles. The summed E-state index contributed by atoms with van der Waals surface area (Å²) in [5.74, 6) is 1.00. The van der Waals surface area contributed by atoms with Crippen molar-refractivity contribution >= 4 is 23.3 Å².